The van der Waals surface area contributed by atoms with Crippen molar-refractivity contribution in [1.29, 1.82) is 0 Å². The third-order valence-corrected chi connectivity index (χ3v) is 2.72. The van der Waals surface area contributed by atoms with Crippen LogP contribution < -0.4 is 15.8 Å². The summed E-state index contributed by atoms with van der Waals surface area (Å²) in [7, 11) is 0. The first-order valence-electron chi connectivity index (χ1n) is 6.54. The van der Waals surface area contributed by atoms with Crippen molar-refractivity contribution in [2.24, 2.45) is 0 Å². The Bertz CT molecular complexity index is 515. The van der Waals surface area contributed by atoms with Crippen molar-refractivity contribution < 1.29 is 4.74 Å². The summed E-state index contributed by atoms with van der Waals surface area (Å²) in [6.07, 6.45) is 1.02. The first-order chi connectivity index (χ1) is 9.17. The molecule has 3 heteroatoms. The van der Waals surface area contributed by atoms with Crippen LogP contribution >= 0.6 is 0 Å². The Labute approximate surface area is 114 Å². The van der Waals surface area contributed by atoms with Crippen LogP contribution in [0.25, 0.3) is 0 Å². The second kappa shape index (κ2) is 6.14. The Kier molecular flexibility index (Phi) is 4.29. The molecule has 0 heterocycles. The van der Waals surface area contributed by atoms with Crippen molar-refractivity contribution >= 4 is 17.1 Å². The summed E-state index contributed by atoms with van der Waals surface area (Å²) in [5.74, 6) is 0.899. The van der Waals surface area contributed by atoms with Crippen molar-refractivity contribution in [3.8, 4) is 5.75 Å². The topological polar surface area (TPSA) is 47.3 Å². The summed E-state index contributed by atoms with van der Waals surface area (Å²) in [5, 5.41) is 3.33. The van der Waals surface area contributed by atoms with Crippen molar-refractivity contribution in [2.75, 3.05) is 17.7 Å². The van der Waals surface area contributed by atoms with Gasteiger partial charge in [0.15, 0.2) is 0 Å². The zero-order valence-electron chi connectivity index (χ0n) is 11.4. The molecule has 0 aliphatic rings. The molecule has 0 aliphatic carbocycles. The van der Waals surface area contributed by atoms with Gasteiger partial charge in [0, 0.05) is 17.1 Å². The van der Waals surface area contributed by atoms with E-state index >= 15 is 0 Å². The van der Waals surface area contributed by atoms with E-state index in [2.05, 4.69) is 18.3 Å². The number of nitrogens with two attached hydrogens (primary N) is 1. The summed E-state index contributed by atoms with van der Waals surface area (Å²) in [5.41, 5.74) is 9.77. The Morgan fingerprint density at radius 1 is 1.05 bits per heavy atom. The second-order valence-electron chi connectivity index (χ2n) is 4.63. The summed E-state index contributed by atoms with van der Waals surface area (Å²) in [6, 6.07) is 13.9. The highest BCUT2D eigenvalue weighted by molar-refractivity contribution is 5.65. The molecular formula is C16H20N2O. The first kappa shape index (κ1) is 13.3. The lowest BCUT2D eigenvalue weighted by Gasteiger charge is -2.10. The fourth-order valence-electron chi connectivity index (χ4n) is 1.91. The van der Waals surface area contributed by atoms with Crippen LogP contribution in [-0.2, 0) is 0 Å². The predicted molar refractivity (Wildman–Crippen MR) is 81.1 cm³/mol. The van der Waals surface area contributed by atoms with Gasteiger partial charge in [0.05, 0.1) is 6.61 Å². The fraction of sp³-hybridized carbons (Fsp3) is 0.250. The molecule has 0 amide bonds. The molecule has 100 valence electrons. The maximum absolute atomic E-state index is 5.83. The summed E-state index contributed by atoms with van der Waals surface area (Å²) < 4.78 is 5.55. The minimum Gasteiger partial charge on any atom is -0.494 e. The Morgan fingerprint density at radius 3 is 2.42 bits per heavy atom. The number of rotatable bonds is 5. The van der Waals surface area contributed by atoms with Crippen LogP contribution in [0.15, 0.2) is 42.5 Å². The molecule has 2 aromatic carbocycles. The molecule has 0 fully saturated rings. The number of ether oxygens (including phenoxy) is 1. The first-order valence-corrected chi connectivity index (χ1v) is 6.54. The van der Waals surface area contributed by atoms with Crippen LogP contribution in [0, 0.1) is 6.92 Å². The van der Waals surface area contributed by atoms with Crippen LogP contribution in [-0.4, -0.2) is 6.61 Å². The standard InChI is InChI=1S/C16H20N2O/c1-3-8-19-16-6-4-14(5-7-16)18-15-10-12(2)9-13(17)11-15/h4-7,9-11,18H,3,8,17H2,1-2H3. The van der Waals surface area contributed by atoms with Crippen LogP contribution in [0.5, 0.6) is 5.75 Å². The molecule has 0 radical (unpaired) electrons. The van der Waals surface area contributed by atoms with E-state index in [0.717, 1.165) is 41.4 Å². The predicted octanol–water partition coefficient (Wildman–Crippen LogP) is 4.11. The van der Waals surface area contributed by atoms with Gasteiger partial charge in [-0.05, 0) is 61.4 Å². The lowest BCUT2D eigenvalue weighted by atomic mass is 10.2. The lowest BCUT2D eigenvalue weighted by Crippen LogP contribution is -1.96. The molecule has 0 saturated carbocycles. The maximum atomic E-state index is 5.83. The Balaban J connectivity index is 2.06. The van der Waals surface area contributed by atoms with E-state index in [4.69, 9.17) is 10.5 Å². The van der Waals surface area contributed by atoms with E-state index in [9.17, 15) is 0 Å². The number of benzene rings is 2. The quantitative estimate of drug-likeness (QED) is 0.791. The van der Waals surface area contributed by atoms with E-state index in [-0.39, 0.29) is 0 Å². The molecule has 19 heavy (non-hydrogen) atoms. The molecule has 0 saturated heterocycles. The van der Waals surface area contributed by atoms with Gasteiger partial charge < -0.3 is 15.8 Å². The molecule has 0 atom stereocenters. The number of aryl methyl sites for hydroxylation is 1. The van der Waals surface area contributed by atoms with Gasteiger partial charge in [0.25, 0.3) is 0 Å². The lowest BCUT2D eigenvalue weighted by molar-refractivity contribution is 0.317. The molecule has 0 aromatic heterocycles. The zero-order valence-corrected chi connectivity index (χ0v) is 11.4. The second-order valence-corrected chi connectivity index (χ2v) is 4.63. The SMILES string of the molecule is CCCOc1ccc(Nc2cc(C)cc(N)c2)cc1. The van der Waals surface area contributed by atoms with Crippen LogP contribution in [0.2, 0.25) is 0 Å². The van der Waals surface area contributed by atoms with Gasteiger partial charge in [-0.2, -0.15) is 0 Å². The van der Waals surface area contributed by atoms with Gasteiger partial charge in [-0.25, -0.2) is 0 Å². The van der Waals surface area contributed by atoms with E-state index in [1.165, 1.54) is 0 Å². The zero-order chi connectivity index (χ0) is 13.7. The van der Waals surface area contributed by atoms with Gasteiger partial charge in [0.1, 0.15) is 5.75 Å². The van der Waals surface area contributed by atoms with Gasteiger partial charge in [-0.3, -0.25) is 0 Å². The molecular weight excluding hydrogens is 236 g/mol. The van der Waals surface area contributed by atoms with Crippen molar-refractivity contribution in [1.82, 2.24) is 0 Å². The summed E-state index contributed by atoms with van der Waals surface area (Å²) >= 11 is 0. The number of nitrogens with one attached hydrogen (secondary N) is 1. The molecule has 0 aliphatic heterocycles. The van der Waals surface area contributed by atoms with E-state index in [0.29, 0.717) is 0 Å². The highest BCUT2D eigenvalue weighted by atomic mass is 16.5. The molecule has 0 bridgehead atoms. The minimum absolute atomic E-state index is 0.751. The number of nitrogen functional groups attached to an aromatic ring is 1. The molecule has 3 N–H and O–H groups in total. The van der Waals surface area contributed by atoms with E-state index in [1.54, 1.807) is 0 Å². The molecule has 2 aromatic rings. The van der Waals surface area contributed by atoms with Crippen molar-refractivity contribution in [2.45, 2.75) is 20.3 Å². The minimum atomic E-state index is 0.751. The summed E-state index contributed by atoms with van der Waals surface area (Å²) in [4.78, 5) is 0. The summed E-state index contributed by atoms with van der Waals surface area (Å²) in [6.45, 7) is 4.88. The van der Waals surface area contributed by atoms with Crippen molar-refractivity contribution in [3.63, 3.8) is 0 Å². The number of hydrogen-bond donors (Lipinski definition) is 2. The third kappa shape index (κ3) is 3.91. The monoisotopic (exact) mass is 256 g/mol. The van der Waals surface area contributed by atoms with Crippen LogP contribution in [0.4, 0.5) is 17.1 Å². The fourth-order valence-corrected chi connectivity index (χ4v) is 1.91. The molecule has 0 spiro atoms. The smallest absolute Gasteiger partial charge is 0.119 e. The van der Waals surface area contributed by atoms with E-state index < -0.39 is 0 Å². The van der Waals surface area contributed by atoms with Crippen LogP contribution in [0.1, 0.15) is 18.9 Å². The molecule has 2 rings (SSSR count). The highest BCUT2D eigenvalue weighted by Gasteiger charge is 1.98. The molecule has 0 unspecified atom stereocenters. The number of anilines is 3. The Hall–Kier alpha value is -2.16. The van der Waals surface area contributed by atoms with Gasteiger partial charge in [0.2, 0.25) is 0 Å². The molecule has 3 nitrogen and oxygen atoms in total. The normalized spacial score (nSPS) is 10.2. The van der Waals surface area contributed by atoms with Gasteiger partial charge in [-0.1, -0.05) is 6.92 Å². The average molecular weight is 256 g/mol. The van der Waals surface area contributed by atoms with Gasteiger partial charge in [-0.15, -0.1) is 0 Å². The number of hydrogen-bond acceptors (Lipinski definition) is 3. The largest absolute Gasteiger partial charge is 0.494 e. The highest BCUT2D eigenvalue weighted by Crippen LogP contribution is 2.22. The van der Waals surface area contributed by atoms with Gasteiger partial charge >= 0.3 is 0 Å². The third-order valence-electron chi connectivity index (χ3n) is 2.72. The van der Waals surface area contributed by atoms with Crippen LogP contribution in [0.3, 0.4) is 0 Å². The van der Waals surface area contributed by atoms with Crippen molar-refractivity contribution in [3.05, 3.63) is 48.0 Å². The maximum Gasteiger partial charge on any atom is 0.119 e. The Morgan fingerprint density at radius 2 is 1.79 bits per heavy atom. The average Bonchev–Trinajstić information content (AvgIpc) is 2.37. The van der Waals surface area contributed by atoms with E-state index in [1.807, 2.05) is 43.3 Å².